The number of fused-ring (bicyclic) bond motifs is 1. The lowest BCUT2D eigenvalue weighted by molar-refractivity contribution is -0.117. The summed E-state index contributed by atoms with van der Waals surface area (Å²) in [4.78, 5) is 13.8. The third-order valence-electron chi connectivity index (χ3n) is 6.61. The Hall–Kier alpha value is -4.10. The molecule has 0 bridgehead atoms. The van der Waals surface area contributed by atoms with Crippen LogP contribution in [-0.2, 0) is 4.79 Å². The molecule has 7 nitrogen and oxygen atoms in total. The van der Waals surface area contributed by atoms with E-state index in [2.05, 4.69) is 68.2 Å². The topological polar surface area (TPSA) is 82.3 Å². The van der Waals surface area contributed by atoms with E-state index in [1.54, 1.807) is 7.11 Å². The molecule has 190 valence electrons. The fraction of sp³-hybridized carbons (Fsp3) is 0.267. The number of piperazine rings is 1. The zero-order valence-corrected chi connectivity index (χ0v) is 21.1. The van der Waals surface area contributed by atoms with Gasteiger partial charge in [0, 0.05) is 48.9 Å². The second kappa shape index (κ2) is 11.8. The third-order valence-corrected chi connectivity index (χ3v) is 6.61. The molecule has 6 rings (SSSR count). The van der Waals surface area contributed by atoms with Crippen molar-refractivity contribution in [2.45, 2.75) is 12.8 Å². The van der Waals surface area contributed by atoms with Crippen LogP contribution in [-0.4, -0.2) is 49.4 Å². The van der Waals surface area contributed by atoms with Gasteiger partial charge in [-0.3, -0.25) is 9.89 Å². The Balaban J connectivity index is 0.000000171. The number of aromatic nitrogens is 2. The minimum absolute atomic E-state index is 0.134. The highest BCUT2D eigenvalue weighted by atomic mass is 16.5. The highest BCUT2D eigenvalue weighted by Gasteiger charge is 2.29. The van der Waals surface area contributed by atoms with Gasteiger partial charge in [-0.15, -0.1) is 0 Å². The Morgan fingerprint density at radius 2 is 1.70 bits per heavy atom. The molecule has 1 saturated carbocycles. The summed E-state index contributed by atoms with van der Waals surface area (Å²) in [5, 5.41) is 14.8. The average Bonchev–Trinajstić information content (AvgIpc) is 3.74. The molecule has 3 aromatic carbocycles. The van der Waals surface area contributed by atoms with Crippen molar-refractivity contribution in [2.75, 3.05) is 43.5 Å². The number of nitrogens with one attached hydrogen (secondary N) is 3. The summed E-state index contributed by atoms with van der Waals surface area (Å²) < 4.78 is 5.02. The Morgan fingerprint density at radius 3 is 2.41 bits per heavy atom. The summed E-state index contributed by atoms with van der Waals surface area (Å²) in [6.45, 7) is 4.28. The SMILES string of the molecule is C(=C\c1n[nH]c2ccccc12)/c1ccc(N2CCNCC2)cc1.COc1ccc(NC(=O)C2CC2)cc1. The first-order chi connectivity index (χ1) is 18.2. The van der Waals surface area contributed by atoms with Crippen molar-refractivity contribution in [3.63, 3.8) is 0 Å². The number of benzene rings is 3. The molecule has 1 aliphatic carbocycles. The van der Waals surface area contributed by atoms with Crippen molar-refractivity contribution in [3.05, 3.63) is 84.1 Å². The first-order valence-corrected chi connectivity index (χ1v) is 12.8. The number of nitrogens with zero attached hydrogens (tertiary/aromatic N) is 2. The van der Waals surface area contributed by atoms with Crippen molar-refractivity contribution in [2.24, 2.45) is 5.92 Å². The maximum atomic E-state index is 11.4. The molecule has 0 atom stereocenters. The van der Waals surface area contributed by atoms with Crippen molar-refractivity contribution < 1.29 is 9.53 Å². The van der Waals surface area contributed by atoms with E-state index in [-0.39, 0.29) is 11.8 Å². The molecular weight excluding hydrogens is 462 g/mol. The number of hydrogen-bond acceptors (Lipinski definition) is 5. The summed E-state index contributed by atoms with van der Waals surface area (Å²) in [6.07, 6.45) is 6.24. The molecule has 2 fully saturated rings. The molecule has 37 heavy (non-hydrogen) atoms. The van der Waals surface area contributed by atoms with Gasteiger partial charge in [0.15, 0.2) is 0 Å². The van der Waals surface area contributed by atoms with E-state index in [1.807, 2.05) is 42.5 Å². The number of rotatable bonds is 6. The number of amides is 1. The molecule has 7 heteroatoms. The first kappa shape index (κ1) is 24.6. The molecule has 1 aliphatic heterocycles. The van der Waals surface area contributed by atoms with Crippen molar-refractivity contribution in [1.29, 1.82) is 0 Å². The predicted molar refractivity (Wildman–Crippen MR) is 151 cm³/mol. The van der Waals surface area contributed by atoms with Crippen molar-refractivity contribution in [3.8, 4) is 5.75 Å². The summed E-state index contributed by atoms with van der Waals surface area (Å²) in [7, 11) is 1.62. The lowest BCUT2D eigenvalue weighted by Crippen LogP contribution is -2.43. The average molecular weight is 496 g/mol. The monoisotopic (exact) mass is 495 g/mol. The van der Waals surface area contributed by atoms with E-state index in [0.29, 0.717) is 0 Å². The number of para-hydroxylation sites is 1. The highest BCUT2D eigenvalue weighted by molar-refractivity contribution is 5.94. The zero-order valence-electron chi connectivity index (χ0n) is 21.1. The number of carbonyl (C=O) groups excluding carboxylic acids is 1. The van der Waals surface area contributed by atoms with Gasteiger partial charge < -0.3 is 20.3 Å². The molecule has 2 heterocycles. The van der Waals surface area contributed by atoms with Crippen LogP contribution in [0.4, 0.5) is 11.4 Å². The Labute approximate surface area is 217 Å². The van der Waals surface area contributed by atoms with Crippen molar-refractivity contribution in [1.82, 2.24) is 15.5 Å². The number of methoxy groups -OCH3 is 1. The lowest BCUT2D eigenvalue weighted by atomic mass is 10.1. The van der Waals surface area contributed by atoms with Gasteiger partial charge in [-0.25, -0.2) is 0 Å². The van der Waals surface area contributed by atoms with Gasteiger partial charge in [0.05, 0.1) is 18.3 Å². The maximum absolute atomic E-state index is 11.4. The molecule has 1 aromatic heterocycles. The van der Waals surface area contributed by atoms with E-state index in [1.165, 1.54) is 11.3 Å². The Kier molecular flexibility index (Phi) is 7.81. The van der Waals surface area contributed by atoms with Crippen LogP contribution in [0.1, 0.15) is 24.1 Å². The number of ether oxygens (including phenoxy) is 1. The predicted octanol–water partition coefficient (Wildman–Crippen LogP) is 5.19. The molecule has 1 amide bonds. The van der Waals surface area contributed by atoms with Crippen LogP contribution in [0.5, 0.6) is 5.75 Å². The highest BCUT2D eigenvalue weighted by Crippen LogP contribution is 2.30. The van der Waals surface area contributed by atoms with Gasteiger partial charge in [0.25, 0.3) is 0 Å². The van der Waals surface area contributed by atoms with E-state index >= 15 is 0 Å². The van der Waals surface area contributed by atoms with Gasteiger partial charge in [-0.05, 0) is 66.9 Å². The molecule has 0 spiro atoms. The summed E-state index contributed by atoms with van der Waals surface area (Å²) in [6, 6.07) is 24.3. The summed E-state index contributed by atoms with van der Waals surface area (Å²) in [5.74, 6) is 1.18. The second-order valence-corrected chi connectivity index (χ2v) is 9.31. The van der Waals surface area contributed by atoms with Crippen LogP contribution in [0.2, 0.25) is 0 Å². The first-order valence-electron chi connectivity index (χ1n) is 12.8. The van der Waals surface area contributed by atoms with Gasteiger partial charge in [0.2, 0.25) is 5.91 Å². The molecule has 2 aliphatic rings. The van der Waals surface area contributed by atoms with E-state index < -0.39 is 0 Å². The largest absolute Gasteiger partial charge is 0.497 e. The summed E-state index contributed by atoms with van der Waals surface area (Å²) in [5.41, 5.74) is 5.38. The maximum Gasteiger partial charge on any atom is 0.227 e. The molecule has 3 N–H and O–H groups in total. The van der Waals surface area contributed by atoms with Crippen LogP contribution in [0, 0.1) is 5.92 Å². The molecular formula is C30H33N5O2. The van der Waals surface area contributed by atoms with Crippen LogP contribution >= 0.6 is 0 Å². The van der Waals surface area contributed by atoms with E-state index in [4.69, 9.17) is 4.74 Å². The Morgan fingerprint density at radius 1 is 0.973 bits per heavy atom. The molecule has 0 unspecified atom stereocenters. The summed E-state index contributed by atoms with van der Waals surface area (Å²) >= 11 is 0. The number of hydrogen-bond donors (Lipinski definition) is 3. The minimum Gasteiger partial charge on any atom is -0.497 e. The fourth-order valence-corrected chi connectivity index (χ4v) is 4.27. The van der Waals surface area contributed by atoms with Gasteiger partial charge in [-0.2, -0.15) is 5.10 Å². The lowest BCUT2D eigenvalue weighted by Gasteiger charge is -2.29. The number of aromatic amines is 1. The number of anilines is 2. The van der Waals surface area contributed by atoms with Gasteiger partial charge in [-0.1, -0.05) is 36.4 Å². The van der Waals surface area contributed by atoms with Gasteiger partial charge >= 0.3 is 0 Å². The third kappa shape index (κ3) is 6.57. The molecule has 4 aromatic rings. The fourth-order valence-electron chi connectivity index (χ4n) is 4.27. The van der Waals surface area contributed by atoms with Crippen LogP contribution in [0.25, 0.3) is 23.1 Å². The minimum atomic E-state index is 0.134. The Bertz CT molecular complexity index is 1330. The molecule has 1 saturated heterocycles. The van der Waals surface area contributed by atoms with E-state index in [0.717, 1.165) is 67.1 Å². The van der Waals surface area contributed by atoms with Crippen molar-refractivity contribution >= 4 is 40.3 Å². The smallest absolute Gasteiger partial charge is 0.227 e. The van der Waals surface area contributed by atoms with Crippen LogP contribution in [0.15, 0.2) is 72.8 Å². The van der Waals surface area contributed by atoms with E-state index in [9.17, 15) is 4.79 Å². The number of H-pyrrole nitrogens is 1. The quantitative estimate of drug-likeness (QED) is 0.343. The standard InChI is InChI=1S/C19H20N4.C11H13NO2/c1-2-4-18-17(3-1)19(22-21-18)10-7-15-5-8-16(9-6-15)23-13-11-20-12-14-23;1-14-10-6-4-9(5-7-10)12-11(13)8-2-3-8/h1-10,20H,11-14H2,(H,21,22);4-8H,2-3H2,1H3,(H,12,13)/b10-7+;. The normalized spacial score (nSPS) is 15.3. The second-order valence-electron chi connectivity index (χ2n) is 9.31. The van der Waals surface area contributed by atoms with Gasteiger partial charge in [0.1, 0.15) is 5.75 Å². The number of carbonyl (C=O) groups is 1. The van der Waals surface area contributed by atoms with Crippen LogP contribution in [0.3, 0.4) is 0 Å². The van der Waals surface area contributed by atoms with Crippen LogP contribution < -0.4 is 20.3 Å². The zero-order chi connectivity index (χ0) is 25.5. The molecule has 0 radical (unpaired) electrons.